The summed E-state index contributed by atoms with van der Waals surface area (Å²) in [5.41, 5.74) is 2.13. The second-order valence-electron chi connectivity index (χ2n) is 2.67. The molecular weight excluding hydrogens is 180 g/mol. The normalized spacial score (nSPS) is 9.92. The van der Waals surface area contributed by atoms with Gasteiger partial charge >= 0.3 is 0 Å². The molecule has 0 atom stereocenters. The number of aromatic nitrogens is 2. The van der Waals surface area contributed by atoms with Gasteiger partial charge in [-0.2, -0.15) is 0 Å². The van der Waals surface area contributed by atoms with E-state index in [-0.39, 0.29) is 0 Å². The summed E-state index contributed by atoms with van der Waals surface area (Å²) in [6.45, 7) is 0. The first kappa shape index (κ1) is 8.26. The molecule has 3 heteroatoms. The van der Waals surface area contributed by atoms with Crippen LogP contribution in [0.25, 0.3) is 11.1 Å². The topological polar surface area (TPSA) is 25.8 Å². The molecule has 0 saturated carbocycles. The number of hydrogen-bond donors (Lipinski definition) is 1. The summed E-state index contributed by atoms with van der Waals surface area (Å²) in [4.78, 5) is 8.87. The van der Waals surface area contributed by atoms with Crippen molar-refractivity contribution in [3.63, 3.8) is 0 Å². The van der Waals surface area contributed by atoms with E-state index < -0.39 is 0 Å². The van der Waals surface area contributed by atoms with Gasteiger partial charge < -0.3 is 0 Å². The Morgan fingerprint density at radius 2 is 1.46 bits per heavy atom. The second kappa shape index (κ2) is 3.58. The molecule has 0 radical (unpaired) electrons. The van der Waals surface area contributed by atoms with E-state index in [0.29, 0.717) is 0 Å². The van der Waals surface area contributed by atoms with E-state index in [9.17, 15) is 0 Å². The minimum Gasteiger partial charge on any atom is -0.244 e. The number of rotatable bonds is 1. The van der Waals surface area contributed by atoms with Crippen molar-refractivity contribution in [3.05, 3.63) is 43.0 Å². The Bertz CT molecular complexity index is 383. The van der Waals surface area contributed by atoms with Gasteiger partial charge in [-0.25, -0.2) is 9.97 Å². The van der Waals surface area contributed by atoms with E-state index in [1.54, 1.807) is 12.4 Å². The van der Waals surface area contributed by atoms with Crippen LogP contribution < -0.4 is 0 Å². The van der Waals surface area contributed by atoms with Crippen molar-refractivity contribution in [1.29, 1.82) is 0 Å². The van der Waals surface area contributed by atoms with Gasteiger partial charge in [0.05, 0.1) is 0 Å². The predicted molar refractivity (Wildman–Crippen MR) is 54.7 cm³/mol. The quantitative estimate of drug-likeness (QED) is 0.695. The molecule has 2 rings (SSSR count). The fourth-order valence-corrected chi connectivity index (χ4v) is 1.25. The Hall–Kier alpha value is -1.35. The molecule has 2 aromatic rings. The van der Waals surface area contributed by atoms with Crippen molar-refractivity contribution in [2.45, 2.75) is 4.90 Å². The van der Waals surface area contributed by atoms with Crippen molar-refractivity contribution in [2.75, 3.05) is 0 Å². The smallest absolute Gasteiger partial charge is 0.115 e. The molecule has 0 aliphatic rings. The van der Waals surface area contributed by atoms with Crippen LogP contribution in [0, 0.1) is 0 Å². The van der Waals surface area contributed by atoms with Crippen LogP contribution in [0.1, 0.15) is 0 Å². The van der Waals surface area contributed by atoms with Gasteiger partial charge in [0.1, 0.15) is 6.33 Å². The fourth-order valence-electron chi connectivity index (χ4n) is 1.10. The zero-order valence-electron chi connectivity index (χ0n) is 6.88. The maximum atomic E-state index is 4.21. The van der Waals surface area contributed by atoms with Gasteiger partial charge in [0.2, 0.25) is 0 Å². The minimum absolute atomic E-state index is 0.959. The summed E-state index contributed by atoms with van der Waals surface area (Å²) in [5.74, 6) is 0. The zero-order chi connectivity index (χ0) is 9.10. The maximum absolute atomic E-state index is 4.21. The molecule has 1 heterocycles. The average Bonchev–Trinajstić information content (AvgIpc) is 2.20. The highest BCUT2D eigenvalue weighted by molar-refractivity contribution is 7.80. The largest absolute Gasteiger partial charge is 0.244 e. The van der Waals surface area contributed by atoms with Gasteiger partial charge in [-0.1, -0.05) is 12.1 Å². The molecule has 0 bridgehead atoms. The van der Waals surface area contributed by atoms with Gasteiger partial charge in [0.15, 0.2) is 0 Å². The first-order valence-corrected chi connectivity index (χ1v) is 4.35. The summed E-state index contributed by atoms with van der Waals surface area (Å²) >= 11 is 4.21. The molecule has 0 aliphatic carbocycles. The highest BCUT2D eigenvalue weighted by Crippen LogP contribution is 2.18. The number of thiol groups is 1. The number of nitrogens with zero attached hydrogens (tertiary/aromatic N) is 2. The molecule has 0 saturated heterocycles. The van der Waals surface area contributed by atoms with Crippen molar-refractivity contribution in [2.24, 2.45) is 0 Å². The lowest BCUT2D eigenvalue weighted by molar-refractivity contribution is 1.17. The van der Waals surface area contributed by atoms with E-state index in [4.69, 9.17) is 0 Å². The average molecular weight is 188 g/mol. The van der Waals surface area contributed by atoms with Crippen LogP contribution in [0.15, 0.2) is 47.9 Å². The highest BCUT2D eigenvalue weighted by Gasteiger charge is 1.95. The lowest BCUT2D eigenvalue weighted by Crippen LogP contribution is -1.81. The van der Waals surface area contributed by atoms with E-state index >= 15 is 0 Å². The summed E-state index contributed by atoms with van der Waals surface area (Å²) in [6, 6.07) is 7.90. The van der Waals surface area contributed by atoms with Gasteiger partial charge in [-0.05, 0) is 17.7 Å². The summed E-state index contributed by atoms with van der Waals surface area (Å²) in [7, 11) is 0. The van der Waals surface area contributed by atoms with Crippen molar-refractivity contribution >= 4 is 12.6 Å². The standard InChI is InChI=1S/C10H8N2S/c13-10-3-1-8(2-4-10)9-5-11-7-12-6-9/h1-7,13H. The first-order valence-electron chi connectivity index (χ1n) is 3.91. The molecule has 0 unspecified atom stereocenters. The van der Waals surface area contributed by atoms with Crippen LogP contribution >= 0.6 is 12.6 Å². The molecule has 1 aromatic carbocycles. The second-order valence-corrected chi connectivity index (χ2v) is 3.19. The van der Waals surface area contributed by atoms with Crippen LogP contribution in [0.2, 0.25) is 0 Å². The minimum atomic E-state index is 0.959. The van der Waals surface area contributed by atoms with Gasteiger partial charge in [-0.15, -0.1) is 12.6 Å². The third-order valence-corrected chi connectivity index (χ3v) is 2.06. The predicted octanol–water partition coefficient (Wildman–Crippen LogP) is 2.43. The number of hydrogen-bond acceptors (Lipinski definition) is 3. The SMILES string of the molecule is Sc1ccc(-c2cncnc2)cc1. The van der Waals surface area contributed by atoms with Crippen molar-refractivity contribution in [3.8, 4) is 11.1 Å². The van der Waals surface area contributed by atoms with E-state index in [1.165, 1.54) is 6.33 Å². The van der Waals surface area contributed by atoms with Crippen molar-refractivity contribution in [1.82, 2.24) is 9.97 Å². The molecular formula is C10H8N2S. The molecule has 64 valence electrons. The summed E-state index contributed by atoms with van der Waals surface area (Å²) in [6.07, 6.45) is 5.11. The summed E-state index contributed by atoms with van der Waals surface area (Å²) < 4.78 is 0. The summed E-state index contributed by atoms with van der Waals surface area (Å²) in [5, 5.41) is 0. The lowest BCUT2D eigenvalue weighted by Gasteiger charge is -1.99. The van der Waals surface area contributed by atoms with E-state index in [0.717, 1.165) is 16.0 Å². The van der Waals surface area contributed by atoms with Crippen LogP contribution in [0.3, 0.4) is 0 Å². The van der Waals surface area contributed by atoms with Crippen molar-refractivity contribution < 1.29 is 0 Å². The molecule has 0 spiro atoms. The Morgan fingerprint density at radius 1 is 0.846 bits per heavy atom. The van der Waals surface area contributed by atoms with Gasteiger partial charge in [0.25, 0.3) is 0 Å². The Balaban J connectivity index is 2.42. The molecule has 0 amide bonds. The van der Waals surface area contributed by atoms with Crippen LogP contribution in [-0.2, 0) is 0 Å². The van der Waals surface area contributed by atoms with Crippen LogP contribution in [0.4, 0.5) is 0 Å². The Kier molecular flexibility index (Phi) is 2.27. The molecule has 0 fully saturated rings. The molecule has 0 aliphatic heterocycles. The Morgan fingerprint density at radius 3 is 2.08 bits per heavy atom. The third kappa shape index (κ3) is 1.87. The highest BCUT2D eigenvalue weighted by atomic mass is 32.1. The van der Waals surface area contributed by atoms with E-state index in [2.05, 4.69) is 22.6 Å². The molecule has 2 nitrogen and oxygen atoms in total. The first-order chi connectivity index (χ1) is 6.36. The maximum Gasteiger partial charge on any atom is 0.115 e. The zero-order valence-corrected chi connectivity index (χ0v) is 7.78. The lowest BCUT2D eigenvalue weighted by atomic mass is 10.1. The van der Waals surface area contributed by atoms with Crippen LogP contribution in [0.5, 0.6) is 0 Å². The molecule has 0 N–H and O–H groups in total. The third-order valence-electron chi connectivity index (χ3n) is 1.76. The monoisotopic (exact) mass is 188 g/mol. The molecule has 1 aromatic heterocycles. The van der Waals surface area contributed by atoms with Crippen LogP contribution in [-0.4, -0.2) is 9.97 Å². The molecule has 13 heavy (non-hydrogen) atoms. The van der Waals surface area contributed by atoms with Gasteiger partial charge in [0, 0.05) is 22.9 Å². The number of benzene rings is 1. The van der Waals surface area contributed by atoms with Gasteiger partial charge in [-0.3, -0.25) is 0 Å². The van der Waals surface area contributed by atoms with E-state index in [1.807, 2.05) is 24.3 Å². The Labute approximate surface area is 82.1 Å². The fraction of sp³-hybridized carbons (Fsp3) is 0.